The van der Waals surface area contributed by atoms with Crippen molar-refractivity contribution in [2.45, 2.75) is 27.7 Å². The molecule has 0 aliphatic heterocycles. The van der Waals surface area contributed by atoms with Crippen LogP contribution in [0.25, 0.3) is 0 Å². The molecule has 1 amide bonds. The minimum Gasteiger partial charge on any atom is -0.493 e. The number of hydrogen-bond donors (Lipinski definition) is 2. The predicted octanol–water partition coefficient (Wildman–Crippen LogP) is 3.47. The van der Waals surface area contributed by atoms with Gasteiger partial charge in [0.15, 0.2) is 11.5 Å². The SMILES string of the molecule is CCOC(=O)c1[nH]c(C)c(C(=O)Nc2ccc(OCC)c(OC)c2)c1C. The fourth-order valence-electron chi connectivity index (χ4n) is 2.71. The van der Waals surface area contributed by atoms with Gasteiger partial charge in [-0.15, -0.1) is 0 Å². The van der Waals surface area contributed by atoms with Crippen molar-refractivity contribution in [2.24, 2.45) is 0 Å². The minimum atomic E-state index is -0.477. The van der Waals surface area contributed by atoms with E-state index in [4.69, 9.17) is 14.2 Å². The predicted molar refractivity (Wildman–Crippen MR) is 98.3 cm³/mol. The largest absolute Gasteiger partial charge is 0.493 e. The first-order chi connectivity index (χ1) is 12.4. The maximum atomic E-state index is 12.7. The summed E-state index contributed by atoms with van der Waals surface area (Å²) in [5, 5.41) is 2.82. The van der Waals surface area contributed by atoms with Gasteiger partial charge in [-0.1, -0.05) is 0 Å². The highest BCUT2D eigenvalue weighted by Gasteiger charge is 2.23. The summed E-state index contributed by atoms with van der Waals surface area (Å²) in [5.41, 5.74) is 2.42. The van der Waals surface area contributed by atoms with Gasteiger partial charge in [-0.2, -0.15) is 0 Å². The summed E-state index contributed by atoms with van der Waals surface area (Å²) in [6.45, 7) is 7.85. The highest BCUT2D eigenvalue weighted by molar-refractivity contribution is 6.08. The van der Waals surface area contributed by atoms with Gasteiger partial charge in [0, 0.05) is 17.4 Å². The van der Waals surface area contributed by atoms with E-state index in [1.807, 2.05) is 6.92 Å². The van der Waals surface area contributed by atoms with Crippen molar-refractivity contribution < 1.29 is 23.8 Å². The second-order valence-corrected chi connectivity index (χ2v) is 5.60. The number of esters is 1. The van der Waals surface area contributed by atoms with Crippen LogP contribution < -0.4 is 14.8 Å². The molecule has 0 atom stereocenters. The average Bonchev–Trinajstić information content (AvgIpc) is 2.91. The molecule has 7 heteroatoms. The van der Waals surface area contributed by atoms with Crippen LogP contribution >= 0.6 is 0 Å². The smallest absolute Gasteiger partial charge is 0.355 e. The number of carbonyl (C=O) groups excluding carboxylic acids is 2. The monoisotopic (exact) mass is 360 g/mol. The van der Waals surface area contributed by atoms with Crippen molar-refractivity contribution in [1.29, 1.82) is 0 Å². The van der Waals surface area contributed by atoms with Crippen LogP contribution in [0.1, 0.15) is 46.0 Å². The van der Waals surface area contributed by atoms with E-state index in [1.165, 1.54) is 7.11 Å². The van der Waals surface area contributed by atoms with Crippen LogP contribution in [-0.2, 0) is 4.74 Å². The van der Waals surface area contributed by atoms with Crippen LogP contribution in [0, 0.1) is 13.8 Å². The average molecular weight is 360 g/mol. The molecule has 2 aromatic rings. The third-order valence-electron chi connectivity index (χ3n) is 3.87. The van der Waals surface area contributed by atoms with E-state index >= 15 is 0 Å². The number of rotatable bonds is 7. The fraction of sp³-hybridized carbons (Fsp3) is 0.368. The van der Waals surface area contributed by atoms with Gasteiger partial charge in [-0.05, 0) is 45.4 Å². The normalized spacial score (nSPS) is 10.3. The van der Waals surface area contributed by atoms with Crippen molar-refractivity contribution in [1.82, 2.24) is 4.98 Å². The Morgan fingerprint density at radius 3 is 2.46 bits per heavy atom. The molecule has 1 aromatic heterocycles. The van der Waals surface area contributed by atoms with Gasteiger partial charge in [0.25, 0.3) is 5.91 Å². The van der Waals surface area contributed by atoms with Crippen molar-refractivity contribution >= 4 is 17.6 Å². The lowest BCUT2D eigenvalue weighted by atomic mass is 10.1. The quantitative estimate of drug-likeness (QED) is 0.738. The summed E-state index contributed by atoms with van der Waals surface area (Å²) in [6, 6.07) is 5.15. The topological polar surface area (TPSA) is 89.7 Å². The van der Waals surface area contributed by atoms with Crippen LogP contribution in [0.5, 0.6) is 11.5 Å². The number of methoxy groups -OCH3 is 1. The maximum Gasteiger partial charge on any atom is 0.355 e. The molecule has 0 fully saturated rings. The molecule has 0 unspecified atom stereocenters. The summed E-state index contributed by atoms with van der Waals surface area (Å²) in [5.74, 6) is 0.332. The number of carbonyl (C=O) groups is 2. The number of hydrogen-bond acceptors (Lipinski definition) is 5. The molecule has 2 rings (SSSR count). The molecule has 0 saturated carbocycles. The zero-order valence-corrected chi connectivity index (χ0v) is 15.7. The molecule has 0 bridgehead atoms. The molecule has 26 heavy (non-hydrogen) atoms. The van der Waals surface area contributed by atoms with E-state index in [2.05, 4.69) is 10.3 Å². The summed E-state index contributed by atoms with van der Waals surface area (Å²) < 4.78 is 15.8. The van der Waals surface area contributed by atoms with Crippen LogP contribution in [0.15, 0.2) is 18.2 Å². The van der Waals surface area contributed by atoms with Gasteiger partial charge in [0.05, 0.1) is 25.9 Å². The third kappa shape index (κ3) is 3.99. The van der Waals surface area contributed by atoms with Gasteiger partial charge in [-0.25, -0.2) is 4.79 Å². The number of ether oxygens (including phenoxy) is 3. The molecule has 7 nitrogen and oxygen atoms in total. The molecular weight excluding hydrogens is 336 g/mol. The molecular formula is C19H24N2O5. The minimum absolute atomic E-state index is 0.268. The van der Waals surface area contributed by atoms with E-state index < -0.39 is 5.97 Å². The van der Waals surface area contributed by atoms with E-state index in [0.29, 0.717) is 46.3 Å². The summed E-state index contributed by atoms with van der Waals surface area (Å²) in [6.07, 6.45) is 0. The standard InChI is InChI=1S/C19H24N2O5/c1-6-25-14-9-8-13(10-15(14)24-5)21-18(22)16-11(3)17(20-12(16)4)19(23)26-7-2/h8-10,20H,6-7H2,1-5H3,(H,21,22). The van der Waals surface area contributed by atoms with E-state index in [0.717, 1.165) is 0 Å². The van der Waals surface area contributed by atoms with Gasteiger partial charge < -0.3 is 24.5 Å². The van der Waals surface area contributed by atoms with Crippen molar-refractivity contribution in [3.05, 3.63) is 40.7 Å². The van der Waals surface area contributed by atoms with Gasteiger partial charge in [0.1, 0.15) is 5.69 Å². The molecule has 1 heterocycles. The number of benzene rings is 1. The molecule has 0 radical (unpaired) electrons. The van der Waals surface area contributed by atoms with E-state index in [9.17, 15) is 9.59 Å². The first kappa shape index (κ1) is 19.4. The van der Waals surface area contributed by atoms with Gasteiger partial charge >= 0.3 is 5.97 Å². The second kappa shape index (κ2) is 8.42. The Bertz CT molecular complexity index is 811. The molecule has 0 spiro atoms. The number of aromatic amines is 1. The molecule has 140 valence electrons. The Hall–Kier alpha value is -2.96. The van der Waals surface area contributed by atoms with Crippen molar-refractivity contribution in [3.8, 4) is 11.5 Å². The Balaban J connectivity index is 2.27. The summed E-state index contributed by atoms with van der Waals surface area (Å²) in [7, 11) is 1.54. The Kier molecular flexibility index (Phi) is 6.27. The fourth-order valence-corrected chi connectivity index (χ4v) is 2.71. The number of H-pyrrole nitrogens is 1. The molecule has 1 aromatic carbocycles. The zero-order valence-electron chi connectivity index (χ0n) is 15.7. The Morgan fingerprint density at radius 1 is 1.12 bits per heavy atom. The molecule has 2 N–H and O–H groups in total. The van der Waals surface area contributed by atoms with Gasteiger partial charge in [-0.3, -0.25) is 4.79 Å². The molecule has 0 aliphatic rings. The maximum absolute atomic E-state index is 12.7. The van der Waals surface area contributed by atoms with Gasteiger partial charge in [0.2, 0.25) is 0 Å². The Labute approximate surface area is 152 Å². The van der Waals surface area contributed by atoms with Crippen molar-refractivity contribution in [3.63, 3.8) is 0 Å². The number of nitrogens with one attached hydrogen (secondary N) is 2. The highest BCUT2D eigenvalue weighted by Crippen LogP contribution is 2.30. The van der Waals surface area contributed by atoms with Crippen molar-refractivity contribution in [2.75, 3.05) is 25.6 Å². The summed E-state index contributed by atoms with van der Waals surface area (Å²) >= 11 is 0. The van der Waals surface area contributed by atoms with E-state index in [1.54, 1.807) is 39.0 Å². The van der Waals surface area contributed by atoms with Crippen LogP contribution in [0.3, 0.4) is 0 Å². The molecule has 0 aliphatic carbocycles. The number of aromatic nitrogens is 1. The van der Waals surface area contributed by atoms with Crippen LogP contribution in [0.4, 0.5) is 5.69 Å². The number of amides is 1. The first-order valence-electron chi connectivity index (χ1n) is 8.41. The Morgan fingerprint density at radius 2 is 1.85 bits per heavy atom. The number of anilines is 1. The lowest BCUT2D eigenvalue weighted by molar-refractivity contribution is 0.0519. The first-order valence-corrected chi connectivity index (χ1v) is 8.41. The summed E-state index contributed by atoms with van der Waals surface area (Å²) in [4.78, 5) is 27.6. The lowest BCUT2D eigenvalue weighted by Crippen LogP contribution is -2.14. The lowest BCUT2D eigenvalue weighted by Gasteiger charge is -2.12. The number of aryl methyl sites for hydroxylation is 1. The van der Waals surface area contributed by atoms with E-state index in [-0.39, 0.29) is 12.5 Å². The highest BCUT2D eigenvalue weighted by atomic mass is 16.5. The second-order valence-electron chi connectivity index (χ2n) is 5.60. The third-order valence-corrected chi connectivity index (χ3v) is 3.87. The zero-order chi connectivity index (χ0) is 19.3. The van der Waals surface area contributed by atoms with Crippen LogP contribution in [-0.4, -0.2) is 37.2 Å². The van der Waals surface area contributed by atoms with Crippen LogP contribution in [0.2, 0.25) is 0 Å². The molecule has 0 saturated heterocycles.